The third-order valence-corrected chi connectivity index (χ3v) is 26.6. The van der Waals surface area contributed by atoms with E-state index in [-0.39, 0.29) is 6.65 Å². The van der Waals surface area contributed by atoms with Crippen molar-refractivity contribution in [2.24, 2.45) is 0 Å². The van der Waals surface area contributed by atoms with E-state index in [1.165, 1.54) is 24.0 Å². The minimum atomic E-state index is -1.69. The van der Waals surface area contributed by atoms with Gasteiger partial charge in [0, 0.05) is 0 Å². The molecule has 26 heavy (non-hydrogen) atoms. The minimum absolute atomic E-state index is 0.0279. The molecular formula is C24H29SiZr. The zero-order chi connectivity index (χ0) is 18.1. The second kappa shape index (κ2) is 7.95. The van der Waals surface area contributed by atoms with E-state index in [9.17, 15) is 0 Å². The number of hydrogen-bond acceptors (Lipinski definition) is 0. The molecule has 2 aliphatic carbocycles. The quantitative estimate of drug-likeness (QED) is 0.372. The maximum absolute atomic E-state index is 2.49. The van der Waals surface area contributed by atoms with Gasteiger partial charge >= 0.3 is 169 Å². The summed E-state index contributed by atoms with van der Waals surface area (Å²) in [6, 6.07) is 20.0. The van der Waals surface area contributed by atoms with Crippen molar-refractivity contribution in [3.63, 3.8) is 0 Å². The molecular weight excluding hydrogens is 408 g/mol. The summed E-state index contributed by atoms with van der Waals surface area (Å²) in [6.07, 6.45) is 7.80. The van der Waals surface area contributed by atoms with Crippen LogP contribution in [0.1, 0.15) is 63.1 Å². The van der Waals surface area contributed by atoms with Gasteiger partial charge in [0.1, 0.15) is 0 Å². The molecule has 0 aromatic heterocycles. The van der Waals surface area contributed by atoms with Crippen LogP contribution in [0.3, 0.4) is 0 Å². The molecule has 0 N–H and O–H groups in total. The third kappa shape index (κ3) is 3.32. The Morgan fingerprint density at radius 2 is 1.31 bits per heavy atom. The first-order valence-electron chi connectivity index (χ1n) is 10.1. The van der Waals surface area contributed by atoms with E-state index in [1.54, 1.807) is 28.3 Å². The average molecular weight is 437 g/mol. The Labute approximate surface area is 167 Å². The summed E-state index contributed by atoms with van der Waals surface area (Å²) in [7, 11) is 0. The summed E-state index contributed by atoms with van der Waals surface area (Å²) < 4.78 is 1.63. The summed E-state index contributed by atoms with van der Waals surface area (Å²) in [5.41, 5.74) is 9.68. The molecule has 0 saturated carbocycles. The zero-order valence-electron chi connectivity index (χ0n) is 16.3. The molecule has 133 valence electrons. The SMILES string of the molecule is CCCC[SiH2][Zr]([CH]1C(C)=Cc2ccccc21)[CH]1C(C)=Cc2ccccc21. The number of allylic oxidation sites excluding steroid dienone is 2. The fraction of sp³-hybridized carbons (Fsp3) is 0.333. The number of benzene rings is 2. The van der Waals surface area contributed by atoms with Crippen LogP contribution in [-0.2, 0) is 20.9 Å². The first-order valence-corrected chi connectivity index (χ1v) is 19.9. The van der Waals surface area contributed by atoms with E-state index in [2.05, 4.69) is 81.5 Å². The summed E-state index contributed by atoms with van der Waals surface area (Å²) in [6.45, 7) is 7.21. The van der Waals surface area contributed by atoms with E-state index in [1.807, 2.05) is 0 Å². The van der Waals surface area contributed by atoms with Crippen LogP contribution in [0, 0.1) is 0 Å². The molecule has 0 fully saturated rings. The molecule has 2 aromatic carbocycles. The van der Waals surface area contributed by atoms with Crippen LogP contribution in [-0.4, -0.2) is 6.65 Å². The third-order valence-electron chi connectivity index (χ3n) is 6.10. The molecule has 2 unspecified atom stereocenters. The van der Waals surface area contributed by atoms with Crippen LogP contribution in [0.4, 0.5) is 0 Å². The van der Waals surface area contributed by atoms with Crippen molar-refractivity contribution >= 4 is 18.8 Å². The molecule has 2 heteroatoms. The predicted octanol–water partition coefficient (Wildman–Crippen LogP) is 6.22. The van der Waals surface area contributed by atoms with E-state index < -0.39 is 20.9 Å². The van der Waals surface area contributed by atoms with Crippen molar-refractivity contribution in [3.05, 3.63) is 81.9 Å². The van der Waals surface area contributed by atoms with Crippen LogP contribution in [0.2, 0.25) is 6.04 Å². The van der Waals surface area contributed by atoms with E-state index in [0.29, 0.717) is 0 Å². The standard InChI is InChI=1S/2C10H9.C4H11Si.Zr/c2*1-8-6-9-4-2-3-5-10(9)7-8;1-2-3-4-5;/h2*2-7H,1H3;2-5H2,1H3;. The van der Waals surface area contributed by atoms with Gasteiger partial charge in [0.15, 0.2) is 0 Å². The summed E-state index contributed by atoms with van der Waals surface area (Å²) in [5.74, 6) is 0. The van der Waals surface area contributed by atoms with Crippen molar-refractivity contribution in [1.29, 1.82) is 0 Å². The summed E-state index contributed by atoms with van der Waals surface area (Å²) in [4.78, 5) is 0. The Hall–Kier alpha value is -0.980. The number of fused-ring (bicyclic) bond motifs is 2. The second-order valence-corrected chi connectivity index (χ2v) is 23.3. The van der Waals surface area contributed by atoms with Gasteiger partial charge in [-0.15, -0.1) is 0 Å². The molecule has 0 amide bonds. The van der Waals surface area contributed by atoms with Crippen LogP contribution < -0.4 is 0 Å². The average Bonchev–Trinajstić information content (AvgIpc) is 3.15. The Morgan fingerprint density at radius 1 is 0.808 bits per heavy atom. The van der Waals surface area contributed by atoms with Crippen molar-refractivity contribution < 1.29 is 20.9 Å². The van der Waals surface area contributed by atoms with Gasteiger partial charge in [-0.2, -0.15) is 0 Å². The second-order valence-electron chi connectivity index (χ2n) is 7.93. The van der Waals surface area contributed by atoms with E-state index in [0.717, 1.165) is 7.25 Å². The predicted molar refractivity (Wildman–Crippen MR) is 114 cm³/mol. The first-order chi connectivity index (χ1) is 12.7. The van der Waals surface area contributed by atoms with Gasteiger partial charge in [0.05, 0.1) is 0 Å². The first kappa shape index (κ1) is 18.4. The van der Waals surface area contributed by atoms with Crippen LogP contribution in [0.5, 0.6) is 0 Å². The van der Waals surface area contributed by atoms with Gasteiger partial charge in [-0.05, 0) is 0 Å². The molecule has 2 aliphatic rings. The molecule has 0 saturated heterocycles. The summed E-state index contributed by atoms with van der Waals surface area (Å²) >= 11 is -1.69. The topological polar surface area (TPSA) is 0 Å². The van der Waals surface area contributed by atoms with Crippen molar-refractivity contribution in [2.45, 2.75) is 46.9 Å². The van der Waals surface area contributed by atoms with Crippen molar-refractivity contribution in [2.75, 3.05) is 0 Å². The molecule has 2 aromatic rings. The Kier molecular flexibility index (Phi) is 5.62. The Balaban J connectivity index is 1.75. The van der Waals surface area contributed by atoms with Crippen LogP contribution in [0.15, 0.2) is 59.7 Å². The molecule has 0 aliphatic heterocycles. The fourth-order valence-corrected chi connectivity index (χ4v) is 29.6. The Bertz CT molecular complexity index is 797. The molecule has 0 bridgehead atoms. The fourth-order valence-electron chi connectivity index (χ4n) is 4.98. The monoisotopic (exact) mass is 435 g/mol. The zero-order valence-corrected chi connectivity index (χ0v) is 20.1. The van der Waals surface area contributed by atoms with Crippen LogP contribution in [0.25, 0.3) is 12.2 Å². The van der Waals surface area contributed by atoms with Gasteiger partial charge < -0.3 is 0 Å². The Morgan fingerprint density at radius 3 is 1.81 bits per heavy atom. The number of unbranched alkanes of at least 4 members (excludes halogenated alkanes) is 1. The molecule has 0 radical (unpaired) electrons. The maximum atomic E-state index is 2.49. The molecule has 0 spiro atoms. The van der Waals surface area contributed by atoms with Crippen molar-refractivity contribution in [1.82, 2.24) is 0 Å². The van der Waals surface area contributed by atoms with E-state index in [4.69, 9.17) is 0 Å². The number of rotatable bonds is 6. The summed E-state index contributed by atoms with van der Waals surface area (Å²) in [5, 5.41) is 0. The van der Waals surface area contributed by atoms with Gasteiger partial charge in [0.2, 0.25) is 0 Å². The molecule has 0 heterocycles. The number of hydrogen-bond donors (Lipinski definition) is 0. The normalized spacial score (nSPS) is 20.9. The molecule has 2 atom stereocenters. The van der Waals surface area contributed by atoms with Crippen molar-refractivity contribution in [3.8, 4) is 0 Å². The van der Waals surface area contributed by atoms with E-state index >= 15 is 0 Å². The van der Waals surface area contributed by atoms with Gasteiger partial charge in [-0.1, -0.05) is 0 Å². The molecule has 0 nitrogen and oxygen atoms in total. The van der Waals surface area contributed by atoms with Gasteiger partial charge in [-0.3, -0.25) is 0 Å². The van der Waals surface area contributed by atoms with Gasteiger partial charge in [-0.25, -0.2) is 0 Å². The molecule has 4 rings (SSSR count). The van der Waals surface area contributed by atoms with Gasteiger partial charge in [0.25, 0.3) is 0 Å². The van der Waals surface area contributed by atoms with Crippen LogP contribution >= 0.6 is 0 Å².